The number of hydrazone groups is 1. The molecule has 0 spiro atoms. The minimum atomic E-state index is -0.640. The Labute approximate surface area is 99.0 Å². The lowest BCUT2D eigenvalue weighted by atomic mass is 10.3. The highest BCUT2D eigenvalue weighted by atomic mass is 16.5. The Bertz CT molecular complexity index is 443. The molecule has 0 aromatic heterocycles. The number of anilines is 2. The van der Waals surface area contributed by atoms with Crippen LogP contribution in [0.15, 0.2) is 29.4 Å². The second-order valence-electron chi connectivity index (χ2n) is 3.10. The third-order valence-electron chi connectivity index (χ3n) is 1.81. The summed E-state index contributed by atoms with van der Waals surface area (Å²) in [6.07, 6.45) is 0.831. The van der Waals surface area contributed by atoms with Crippen molar-refractivity contribution in [2.24, 2.45) is 5.10 Å². The fourth-order valence-corrected chi connectivity index (χ4v) is 1.07. The summed E-state index contributed by atoms with van der Waals surface area (Å²) in [6, 6.07) is 6.89. The van der Waals surface area contributed by atoms with E-state index in [4.69, 9.17) is 15.9 Å². The van der Waals surface area contributed by atoms with Gasteiger partial charge in [0.2, 0.25) is 0 Å². The number of rotatable bonds is 5. The molecule has 0 aliphatic carbocycles. The van der Waals surface area contributed by atoms with Gasteiger partial charge in [-0.25, -0.2) is 4.79 Å². The molecule has 6 heteroatoms. The van der Waals surface area contributed by atoms with E-state index in [1.807, 2.05) is 0 Å². The Balaban J connectivity index is 2.74. The molecule has 90 valence electrons. The fourth-order valence-electron chi connectivity index (χ4n) is 1.07. The number of hydrogen-bond donors (Lipinski definition) is 3. The lowest BCUT2D eigenvalue weighted by molar-refractivity contribution is -0.134. The molecule has 0 saturated carbocycles. The molecule has 0 fully saturated rings. The minimum absolute atomic E-state index is 0.103. The van der Waals surface area contributed by atoms with E-state index in [2.05, 4.69) is 10.5 Å². The van der Waals surface area contributed by atoms with Crippen molar-refractivity contribution in [3.8, 4) is 0 Å². The molecule has 0 unspecified atom stereocenters. The van der Waals surface area contributed by atoms with Crippen LogP contribution in [0, 0.1) is 5.41 Å². The zero-order valence-corrected chi connectivity index (χ0v) is 9.43. The summed E-state index contributed by atoms with van der Waals surface area (Å²) < 4.78 is 4.72. The van der Waals surface area contributed by atoms with E-state index in [-0.39, 0.29) is 12.3 Å². The third-order valence-corrected chi connectivity index (χ3v) is 1.81. The summed E-state index contributed by atoms with van der Waals surface area (Å²) in [5, 5.41) is 10.8. The molecule has 0 bridgehead atoms. The summed E-state index contributed by atoms with van der Waals surface area (Å²) in [4.78, 5) is 11.3. The first-order chi connectivity index (χ1) is 8.17. The molecule has 4 N–H and O–H groups in total. The van der Waals surface area contributed by atoms with Crippen LogP contribution < -0.4 is 11.2 Å². The molecule has 0 saturated heterocycles. The van der Waals surface area contributed by atoms with Crippen LogP contribution in [0.25, 0.3) is 0 Å². The standard InChI is InChI=1S/C11H14N4O2/c1-2-17-11(16)10(7-12)15-14-9-5-3-4-8(13)6-9/h3-7,12,14H,2,13H2,1H3/b12-7?,15-10+. The molecular formula is C11H14N4O2. The topological polar surface area (TPSA) is 101 Å². The number of esters is 1. The quantitative estimate of drug-likeness (QED) is 0.309. The van der Waals surface area contributed by atoms with Crippen molar-refractivity contribution in [1.82, 2.24) is 0 Å². The van der Waals surface area contributed by atoms with Gasteiger partial charge in [0.25, 0.3) is 0 Å². The third kappa shape index (κ3) is 3.94. The van der Waals surface area contributed by atoms with Crippen LogP contribution >= 0.6 is 0 Å². The van der Waals surface area contributed by atoms with Crippen LogP contribution in [0.2, 0.25) is 0 Å². The van der Waals surface area contributed by atoms with Gasteiger partial charge in [-0.3, -0.25) is 5.43 Å². The minimum Gasteiger partial charge on any atom is -0.461 e. The van der Waals surface area contributed by atoms with Gasteiger partial charge in [0.05, 0.1) is 18.5 Å². The summed E-state index contributed by atoms with van der Waals surface area (Å²) >= 11 is 0. The van der Waals surface area contributed by atoms with Gasteiger partial charge in [-0.2, -0.15) is 5.10 Å². The highest BCUT2D eigenvalue weighted by molar-refractivity contribution is 6.58. The molecule has 0 atom stereocenters. The number of nitrogens with one attached hydrogen (secondary N) is 2. The number of nitrogen functional groups attached to an aromatic ring is 1. The molecule has 6 nitrogen and oxygen atoms in total. The number of carbonyl (C=O) groups excluding carboxylic acids is 1. The molecule has 1 aromatic carbocycles. The van der Waals surface area contributed by atoms with Crippen LogP contribution in [0.3, 0.4) is 0 Å². The predicted molar refractivity (Wildman–Crippen MR) is 67.3 cm³/mol. The number of hydrogen-bond acceptors (Lipinski definition) is 6. The van der Waals surface area contributed by atoms with Crippen LogP contribution in [0.4, 0.5) is 11.4 Å². The molecule has 0 amide bonds. The van der Waals surface area contributed by atoms with Gasteiger partial charge in [-0.05, 0) is 25.1 Å². The first-order valence-electron chi connectivity index (χ1n) is 5.04. The first-order valence-corrected chi connectivity index (χ1v) is 5.04. The lowest BCUT2D eigenvalue weighted by Gasteiger charge is -2.03. The maximum atomic E-state index is 11.3. The van der Waals surface area contributed by atoms with E-state index >= 15 is 0 Å². The summed E-state index contributed by atoms with van der Waals surface area (Å²) in [7, 11) is 0. The Kier molecular flexibility index (Phi) is 4.68. The van der Waals surface area contributed by atoms with Crippen molar-refractivity contribution >= 4 is 29.3 Å². The number of carbonyl (C=O) groups is 1. The zero-order chi connectivity index (χ0) is 12.7. The van der Waals surface area contributed by atoms with Crippen LogP contribution in [0.1, 0.15) is 6.92 Å². The van der Waals surface area contributed by atoms with Crippen molar-refractivity contribution in [3.05, 3.63) is 24.3 Å². The highest BCUT2D eigenvalue weighted by Crippen LogP contribution is 2.11. The van der Waals surface area contributed by atoms with E-state index in [9.17, 15) is 4.79 Å². The van der Waals surface area contributed by atoms with Crippen molar-refractivity contribution < 1.29 is 9.53 Å². The van der Waals surface area contributed by atoms with Crippen LogP contribution in [-0.4, -0.2) is 24.5 Å². The molecule has 0 heterocycles. The average molecular weight is 234 g/mol. The van der Waals surface area contributed by atoms with Gasteiger partial charge in [0.15, 0.2) is 5.71 Å². The maximum Gasteiger partial charge on any atom is 0.360 e. The number of ether oxygens (including phenoxy) is 1. The Hall–Kier alpha value is -2.37. The largest absolute Gasteiger partial charge is 0.461 e. The van der Waals surface area contributed by atoms with Crippen molar-refractivity contribution in [2.45, 2.75) is 6.92 Å². The Morgan fingerprint density at radius 2 is 2.41 bits per heavy atom. The van der Waals surface area contributed by atoms with Gasteiger partial charge in [0, 0.05) is 5.69 Å². The molecule has 1 rings (SSSR count). The lowest BCUT2D eigenvalue weighted by Crippen LogP contribution is -2.19. The van der Waals surface area contributed by atoms with Gasteiger partial charge in [0.1, 0.15) is 0 Å². The van der Waals surface area contributed by atoms with Crippen LogP contribution in [0.5, 0.6) is 0 Å². The molecule has 0 aliphatic rings. The van der Waals surface area contributed by atoms with E-state index in [0.717, 1.165) is 6.21 Å². The van der Waals surface area contributed by atoms with Gasteiger partial charge in [-0.15, -0.1) is 0 Å². The van der Waals surface area contributed by atoms with Crippen molar-refractivity contribution in [1.29, 1.82) is 5.41 Å². The number of nitrogens with zero attached hydrogens (tertiary/aromatic N) is 1. The Morgan fingerprint density at radius 1 is 1.65 bits per heavy atom. The van der Waals surface area contributed by atoms with Gasteiger partial charge < -0.3 is 15.9 Å². The van der Waals surface area contributed by atoms with E-state index in [0.29, 0.717) is 11.4 Å². The summed E-state index contributed by atoms with van der Waals surface area (Å²) in [5.74, 6) is -0.640. The maximum absolute atomic E-state index is 11.3. The molecular weight excluding hydrogens is 220 g/mol. The average Bonchev–Trinajstić information content (AvgIpc) is 2.30. The number of nitrogens with two attached hydrogens (primary N) is 1. The van der Waals surface area contributed by atoms with Gasteiger partial charge >= 0.3 is 5.97 Å². The second kappa shape index (κ2) is 6.26. The normalized spacial score (nSPS) is 10.8. The van der Waals surface area contributed by atoms with E-state index < -0.39 is 5.97 Å². The first kappa shape index (κ1) is 12.7. The molecule has 17 heavy (non-hydrogen) atoms. The molecule has 0 radical (unpaired) electrons. The van der Waals surface area contributed by atoms with E-state index in [1.165, 1.54) is 0 Å². The highest BCUT2D eigenvalue weighted by Gasteiger charge is 2.09. The zero-order valence-electron chi connectivity index (χ0n) is 9.43. The van der Waals surface area contributed by atoms with E-state index in [1.54, 1.807) is 31.2 Å². The van der Waals surface area contributed by atoms with Gasteiger partial charge in [-0.1, -0.05) is 6.07 Å². The Morgan fingerprint density at radius 3 is 3.00 bits per heavy atom. The monoisotopic (exact) mass is 234 g/mol. The van der Waals surface area contributed by atoms with Crippen molar-refractivity contribution in [2.75, 3.05) is 17.8 Å². The van der Waals surface area contributed by atoms with Crippen LogP contribution in [-0.2, 0) is 9.53 Å². The fraction of sp³-hybridized carbons (Fsp3) is 0.182. The summed E-state index contributed by atoms with van der Waals surface area (Å²) in [5.41, 5.74) is 9.32. The molecule has 0 aliphatic heterocycles. The van der Waals surface area contributed by atoms with Crippen molar-refractivity contribution in [3.63, 3.8) is 0 Å². The second-order valence-corrected chi connectivity index (χ2v) is 3.10. The SMILES string of the molecule is CCOC(=O)/C(C=N)=N/Nc1cccc(N)c1. The number of benzene rings is 1. The molecule has 1 aromatic rings. The summed E-state index contributed by atoms with van der Waals surface area (Å²) in [6.45, 7) is 1.93. The predicted octanol–water partition coefficient (Wildman–Crippen LogP) is 1.25. The smallest absolute Gasteiger partial charge is 0.360 e.